The molecule has 0 N–H and O–H groups in total. The average molecular weight is 248 g/mol. The van der Waals surface area contributed by atoms with Crippen LogP contribution in [0.5, 0.6) is 0 Å². The molecule has 1 atom stereocenters. The molecule has 0 aliphatic rings. The van der Waals surface area contributed by atoms with Gasteiger partial charge in [0.2, 0.25) is 0 Å². The van der Waals surface area contributed by atoms with Crippen molar-refractivity contribution in [1.29, 1.82) is 0 Å². The van der Waals surface area contributed by atoms with E-state index in [1.165, 1.54) is 19.3 Å². The molecular formula is C6H13ClI-. The van der Waals surface area contributed by atoms with Crippen LogP contribution in [0.3, 0.4) is 0 Å². The molecule has 52 valence electrons. The first-order chi connectivity index (χ1) is 3.81. The van der Waals surface area contributed by atoms with Crippen molar-refractivity contribution in [2.24, 2.45) is 0 Å². The topological polar surface area (TPSA) is 0 Å². The van der Waals surface area contributed by atoms with Crippen molar-refractivity contribution in [3.63, 3.8) is 0 Å². The number of halogens is 2. The van der Waals surface area contributed by atoms with Gasteiger partial charge in [0.05, 0.1) is 0 Å². The minimum absolute atomic E-state index is 0.00434. The van der Waals surface area contributed by atoms with Crippen LogP contribution in [-0.2, 0) is 0 Å². The molecule has 0 aromatic carbocycles. The first-order valence-corrected chi connectivity index (χ1v) is 7.03. The van der Waals surface area contributed by atoms with E-state index in [1.807, 2.05) is 0 Å². The normalized spacial score (nSPS) is 14.4. The molecule has 1 unspecified atom stereocenters. The zero-order chi connectivity index (χ0) is 6.41. The predicted octanol–water partition coefficient (Wildman–Crippen LogP) is -0.192. The van der Waals surface area contributed by atoms with Gasteiger partial charge in [-0.15, -0.1) is 0 Å². The Morgan fingerprint density at radius 3 is 2.62 bits per heavy atom. The van der Waals surface area contributed by atoms with Crippen molar-refractivity contribution in [2.45, 2.75) is 37.0 Å². The van der Waals surface area contributed by atoms with E-state index < -0.39 is 0 Å². The van der Waals surface area contributed by atoms with Crippen LogP contribution in [0.4, 0.5) is 0 Å². The molecule has 0 saturated carbocycles. The Kier molecular flexibility index (Phi) is 6.93. The van der Waals surface area contributed by atoms with E-state index in [0.29, 0.717) is 0 Å². The van der Waals surface area contributed by atoms with Crippen molar-refractivity contribution in [3.8, 4) is 0 Å². The van der Waals surface area contributed by atoms with E-state index in [4.69, 9.17) is 8.91 Å². The zero-order valence-electron chi connectivity index (χ0n) is 5.45. The van der Waals surface area contributed by atoms with Gasteiger partial charge in [-0.3, -0.25) is 0 Å². The molecule has 8 heavy (non-hydrogen) atoms. The third-order valence-electron chi connectivity index (χ3n) is 1.10. The fourth-order valence-electron chi connectivity index (χ4n) is 0.527. The van der Waals surface area contributed by atoms with Crippen LogP contribution in [-0.4, -0.2) is 3.92 Å². The molecule has 0 spiro atoms. The molecule has 0 aliphatic carbocycles. The Morgan fingerprint density at radius 1 is 1.62 bits per heavy atom. The first kappa shape index (κ1) is 9.02. The molecule has 0 heterocycles. The third-order valence-corrected chi connectivity index (χ3v) is 4.41. The molecule has 0 aromatic rings. The maximum atomic E-state index is 5.70. The van der Waals surface area contributed by atoms with Crippen LogP contribution < -0.4 is 20.1 Å². The van der Waals surface area contributed by atoms with Gasteiger partial charge in [-0.1, -0.05) is 0 Å². The molecule has 0 aliphatic heterocycles. The maximum absolute atomic E-state index is 5.70. The van der Waals surface area contributed by atoms with Gasteiger partial charge in [0, 0.05) is 0 Å². The number of rotatable bonds is 4. The van der Waals surface area contributed by atoms with Crippen LogP contribution in [0.15, 0.2) is 0 Å². The predicted molar refractivity (Wildman–Crippen MR) is 34.8 cm³/mol. The second-order valence-electron chi connectivity index (χ2n) is 2.01. The average Bonchev–Trinajstić information content (AvgIpc) is 1.83. The minimum atomic E-state index is 0.00434. The Bertz CT molecular complexity index is 47.8. The Morgan fingerprint density at radius 2 is 2.25 bits per heavy atom. The van der Waals surface area contributed by atoms with Crippen molar-refractivity contribution in [3.05, 3.63) is 0 Å². The molecule has 0 aromatic heterocycles. The molecule has 0 radical (unpaired) electrons. The first-order valence-electron chi connectivity index (χ1n) is 3.05. The Balaban J connectivity index is 2.86. The summed E-state index contributed by atoms with van der Waals surface area (Å²) >= 11 is 0.00434. The number of alkyl halides is 1. The summed E-state index contributed by atoms with van der Waals surface area (Å²) in [6, 6.07) is 0. The molecule has 0 amide bonds. The van der Waals surface area contributed by atoms with Gasteiger partial charge in [0.1, 0.15) is 0 Å². The van der Waals surface area contributed by atoms with Gasteiger partial charge >= 0.3 is 66.0 Å². The number of hydrogen-bond acceptors (Lipinski definition) is 0. The summed E-state index contributed by atoms with van der Waals surface area (Å²) in [6.07, 6.45) is 4.01. The fourth-order valence-corrected chi connectivity index (χ4v) is 1.76. The molecule has 0 rings (SSSR count). The van der Waals surface area contributed by atoms with Gasteiger partial charge in [-0.25, -0.2) is 0 Å². The second kappa shape index (κ2) is 6.14. The monoisotopic (exact) mass is 247 g/mol. The zero-order valence-corrected chi connectivity index (χ0v) is 8.37. The van der Waals surface area contributed by atoms with Crippen LogP contribution in [0.25, 0.3) is 0 Å². The summed E-state index contributed by atoms with van der Waals surface area (Å²) in [7, 11) is 5.70. The second-order valence-corrected chi connectivity index (χ2v) is 5.71. The van der Waals surface area contributed by atoms with Crippen LogP contribution >= 0.6 is 8.91 Å². The van der Waals surface area contributed by atoms with Gasteiger partial charge in [-0.2, -0.15) is 0 Å². The van der Waals surface area contributed by atoms with Crippen molar-refractivity contribution >= 4 is 8.91 Å². The van der Waals surface area contributed by atoms with E-state index in [-0.39, 0.29) is 20.1 Å². The van der Waals surface area contributed by atoms with Crippen molar-refractivity contribution in [1.82, 2.24) is 0 Å². The van der Waals surface area contributed by atoms with Gasteiger partial charge in [0.25, 0.3) is 0 Å². The molecule has 0 nitrogen and oxygen atoms in total. The summed E-state index contributed by atoms with van der Waals surface area (Å²) in [5, 5.41) is 0. The van der Waals surface area contributed by atoms with Crippen LogP contribution in [0.2, 0.25) is 0 Å². The molecular weight excluding hydrogens is 234 g/mol. The summed E-state index contributed by atoms with van der Waals surface area (Å²) in [5.74, 6) is 0. The van der Waals surface area contributed by atoms with E-state index in [9.17, 15) is 0 Å². The SMILES string of the molecule is CCCCC(C)[I-]Cl. The van der Waals surface area contributed by atoms with Gasteiger partial charge in [-0.05, 0) is 0 Å². The van der Waals surface area contributed by atoms with Crippen LogP contribution in [0, 0.1) is 0 Å². The summed E-state index contributed by atoms with van der Waals surface area (Å²) in [4.78, 5) is 0. The summed E-state index contributed by atoms with van der Waals surface area (Å²) in [6.45, 7) is 4.47. The standard InChI is InChI=1S/C6H13ClI/c1-3-4-5-6(2)8-7/h6H,3-5H2,1-2H3/q-1. The van der Waals surface area contributed by atoms with E-state index in [1.54, 1.807) is 0 Å². The quantitative estimate of drug-likeness (QED) is 0.477. The number of unbranched alkanes of at least 4 members (excludes halogenated alkanes) is 1. The molecule has 0 bridgehead atoms. The molecule has 2 heteroatoms. The van der Waals surface area contributed by atoms with E-state index in [2.05, 4.69) is 13.8 Å². The summed E-state index contributed by atoms with van der Waals surface area (Å²) in [5.41, 5.74) is 0. The molecule has 0 saturated heterocycles. The number of hydrogen-bond donors (Lipinski definition) is 0. The fraction of sp³-hybridized carbons (Fsp3) is 1.00. The van der Waals surface area contributed by atoms with E-state index in [0.717, 1.165) is 3.92 Å². The third kappa shape index (κ3) is 5.16. The van der Waals surface area contributed by atoms with Gasteiger partial charge in [0.15, 0.2) is 0 Å². The van der Waals surface area contributed by atoms with Crippen molar-refractivity contribution < 1.29 is 20.1 Å². The Hall–Kier alpha value is 1.02. The molecule has 0 fully saturated rings. The summed E-state index contributed by atoms with van der Waals surface area (Å²) < 4.78 is 0.829. The van der Waals surface area contributed by atoms with Gasteiger partial charge < -0.3 is 0 Å². The Labute approximate surface area is 66.0 Å². The van der Waals surface area contributed by atoms with Crippen molar-refractivity contribution in [2.75, 3.05) is 0 Å². The van der Waals surface area contributed by atoms with E-state index >= 15 is 0 Å². The van der Waals surface area contributed by atoms with Crippen LogP contribution in [0.1, 0.15) is 33.1 Å².